The molecule has 0 radical (unpaired) electrons. The van der Waals surface area contributed by atoms with Crippen LogP contribution in [0.5, 0.6) is 0 Å². The van der Waals surface area contributed by atoms with Crippen molar-refractivity contribution in [2.24, 2.45) is 5.41 Å². The van der Waals surface area contributed by atoms with Gasteiger partial charge in [-0.2, -0.15) is 0 Å². The molecule has 0 bridgehead atoms. The Balaban J connectivity index is 1.82. The fourth-order valence-corrected chi connectivity index (χ4v) is 4.74. The molecule has 1 saturated heterocycles. The highest BCUT2D eigenvalue weighted by Crippen LogP contribution is 2.36. The van der Waals surface area contributed by atoms with E-state index in [-0.39, 0.29) is 5.97 Å². The molecule has 1 aromatic carbocycles. The molecule has 1 aliphatic heterocycles. The van der Waals surface area contributed by atoms with Gasteiger partial charge in [-0.1, -0.05) is 24.3 Å². The number of carbonyl (C=O) groups is 1. The first-order chi connectivity index (χ1) is 12.5. The molecule has 3 rings (SSSR count). The molecular weight excluding hydrogens is 344 g/mol. The van der Waals surface area contributed by atoms with Gasteiger partial charge in [0.25, 0.3) is 0 Å². The Morgan fingerprint density at radius 2 is 2.15 bits per heavy atom. The van der Waals surface area contributed by atoms with E-state index in [1.54, 1.807) is 11.3 Å². The number of rotatable bonds is 6. The van der Waals surface area contributed by atoms with Crippen molar-refractivity contribution in [3.05, 3.63) is 51.5 Å². The van der Waals surface area contributed by atoms with Gasteiger partial charge in [-0.05, 0) is 57.7 Å². The number of aromatic nitrogens is 1. The van der Waals surface area contributed by atoms with Gasteiger partial charge >= 0.3 is 5.97 Å². The van der Waals surface area contributed by atoms with Crippen LogP contribution in [0.3, 0.4) is 0 Å². The second-order valence-corrected chi connectivity index (χ2v) is 8.58. The number of carbonyl (C=O) groups excluding carboxylic acids is 1. The van der Waals surface area contributed by atoms with Crippen molar-refractivity contribution in [2.45, 2.75) is 46.6 Å². The first-order valence-corrected chi connectivity index (χ1v) is 10.2. The number of nitrogens with zero attached hydrogens (tertiary/aromatic N) is 2. The van der Waals surface area contributed by atoms with Crippen molar-refractivity contribution >= 4 is 17.3 Å². The molecule has 4 nitrogen and oxygen atoms in total. The van der Waals surface area contributed by atoms with Crippen LogP contribution in [0, 0.1) is 19.3 Å². The maximum Gasteiger partial charge on any atom is 0.313 e. The first kappa shape index (κ1) is 19.1. The molecule has 0 N–H and O–H groups in total. The predicted molar refractivity (Wildman–Crippen MR) is 105 cm³/mol. The lowest BCUT2D eigenvalue weighted by Gasteiger charge is -2.41. The summed E-state index contributed by atoms with van der Waals surface area (Å²) in [5.74, 6) is -0.0477. The second-order valence-electron chi connectivity index (χ2n) is 7.26. The van der Waals surface area contributed by atoms with E-state index < -0.39 is 5.41 Å². The van der Waals surface area contributed by atoms with Crippen molar-refractivity contribution < 1.29 is 9.53 Å². The summed E-state index contributed by atoms with van der Waals surface area (Å²) in [5.41, 5.74) is 2.03. The second kappa shape index (κ2) is 8.31. The van der Waals surface area contributed by atoms with E-state index in [4.69, 9.17) is 4.74 Å². The Labute approximate surface area is 160 Å². The molecule has 1 atom stereocenters. The van der Waals surface area contributed by atoms with E-state index in [2.05, 4.69) is 41.1 Å². The zero-order chi connectivity index (χ0) is 18.6. The molecule has 2 heterocycles. The molecule has 1 aromatic heterocycles. The van der Waals surface area contributed by atoms with Gasteiger partial charge in [0.1, 0.15) is 0 Å². The van der Waals surface area contributed by atoms with Gasteiger partial charge in [-0.25, -0.2) is 4.98 Å². The normalized spacial score (nSPS) is 20.9. The summed E-state index contributed by atoms with van der Waals surface area (Å²) in [6.45, 7) is 9.10. The molecule has 0 aliphatic carbocycles. The van der Waals surface area contributed by atoms with Crippen LogP contribution in [0.15, 0.2) is 30.5 Å². The van der Waals surface area contributed by atoms with Gasteiger partial charge in [0.05, 0.1) is 17.0 Å². The van der Waals surface area contributed by atoms with Gasteiger partial charge < -0.3 is 4.74 Å². The maximum atomic E-state index is 13.0. The number of benzene rings is 1. The van der Waals surface area contributed by atoms with Crippen molar-refractivity contribution in [2.75, 3.05) is 19.7 Å². The number of aryl methyl sites for hydroxylation is 2. The highest BCUT2D eigenvalue weighted by atomic mass is 32.1. The van der Waals surface area contributed by atoms with Crippen molar-refractivity contribution in [1.82, 2.24) is 9.88 Å². The van der Waals surface area contributed by atoms with Gasteiger partial charge in [0.15, 0.2) is 0 Å². The van der Waals surface area contributed by atoms with Crippen molar-refractivity contribution in [1.29, 1.82) is 0 Å². The van der Waals surface area contributed by atoms with E-state index in [0.29, 0.717) is 6.61 Å². The zero-order valence-electron chi connectivity index (χ0n) is 16.0. The molecule has 140 valence electrons. The van der Waals surface area contributed by atoms with Crippen LogP contribution in [-0.4, -0.2) is 35.5 Å². The Morgan fingerprint density at radius 1 is 1.35 bits per heavy atom. The van der Waals surface area contributed by atoms with Crippen LogP contribution in [0.2, 0.25) is 0 Å². The Morgan fingerprint density at radius 3 is 2.85 bits per heavy atom. The Hall–Kier alpha value is -1.72. The molecule has 0 amide bonds. The molecule has 26 heavy (non-hydrogen) atoms. The fraction of sp³-hybridized carbons (Fsp3) is 0.524. The zero-order valence-corrected chi connectivity index (χ0v) is 16.8. The van der Waals surface area contributed by atoms with Crippen LogP contribution >= 0.6 is 11.3 Å². The van der Waals surface area contributed by atoms with Gasteiger partial charge in [0.2, 0.25) is 0 Å². The minimum atomic E-state index is -0.458. The van der Waals surface area contributed by atoms with Gasteiger partial charge in [0, 0.05) is 24.2 Å². The molecule has 1 fully saturated rings. The van der Waals surface area contributed by atoms with Gasteiger partial charge in [-0.15, -0.1) is 11.3 Å². The fourth-order valence-electron chi connectivity index (χ4n) is 3.90. The molecule has 1 unspecified atom stereocenters. The van der Waals surface area contributed by atoms with E-state index in [1.807, 2.05) is 20.0 Å². The highest BCUT2D eigenvalue weighted by molar-refractivity contribution is 7.11. The number of ether oxygens (including phenoxy) is 1. The third-order valence-corrected chi connectivity index (χ3v) is 6.10. The quantitative estimate of drug-likeness (QED) is 0.715. The summed E-state index contributed by atoms with van der Waals surface area (Å²) in [6.07, 6.45) is 4.61. The third kappa shape index (κ3) is 4.33. The van der Waals surface area contributed by atoms with E-state index in [0.717, 1.165) is 43.9 Å². The summed E-state index contributed by atoms with van der Waals surface area (Å²) >= 11 is 1.74. The van der Waals surface area contributed by atoms with E-state index in [1.165, 1.54) is 16.0 Å². The lowest BCUT2D eigenvalue weighted by Crippen LogP contribution is -2.49. The number of esters is 1. The summed E-state index contributed by atoms with van der Waals surface area (Å²) in [6, 6.07) is 8.37. The minimum Gasteiger partial charge on any atom is -0.466 e. The average molecular weight is 373 g/mol. The molecule has 0 saturated carbocycles. The number of thiazole rings is 1. The monoisotopic (exact) mass is 372 g/mol. The van der Waals surface area contributed by atoms with Gasteiger partial charge in [-0.3, -0.25) is 9.69 Å². The molecule has 0 spiro atoms. The standard InChI is InChI=1S/C21H28N2O2S/c1-4-25-20(24)21(12-18-9-6-5-8-16(18)2)10-7-11-23(15-21)14-19-13-22-17(3)26-19/h5-6,8-9,13H,4,7,10-12,14-15H2,1-3H3. The van der Waals surface area contributed by atoms with Crippen LogP contribution in [0.1, 0.15) is 40.8 Å². The summed E-state index contributed by atoms with van der Waals surface area (Å²) in [7, 11) is 0. The largest absolute Gasteiger partial charge is 0.466 e. The maximum absolute atomic E-state index is 13.0. The van der Waals surface area contributed by atoms with Crippen LogP contribution in [-0.2, 0) is 22.5 Å². The number of hydrogen-bond acceptors (Lipinski definition) is 5. The molecular formula is C21H28N2O2S. The lowest BCUT2D eigenvalue weighted by molar-refractivity contribution is -0.159. The van der Waals surface area contributed by atoms with Crippen molar-refractivity contribution in [3.8, 4) is 0 Å². The third-order valence-electron chi connectivity index (χ3n) is 5.20. The smallest absolute Gasteiger partial charge is 0.313 e. The van der Waals surface area contributed by atoms with Crippen molar-refractivity contribution in [3.63, 3.8) is 0 Å². The molecule has 5 heteroatoms. The topological polar surface area (TPSA) is 42.4 Å². The predicted octanol–water partition coefficient (Wildman–Crippen LogP) is 4.15. The molecule has 1 aliphatic rings. The average Bonchev–Trinajstić information content (AvgIpc) is 3.02. The molecule has 2 aromatic rings. The first-order valence-electron chi connectivity index (χ1n) is 9.38. The number of likely N-dealkylation sites (tertiary alicyclic amines) is 1. The summed E-state index contributed by atoms with van der Waals surface area (Å²) in [5, 5.41) is 1.09. The lowest BCUT2D eigenvalue weighted by atomic mass is 9.74. The number of piperidine rings is 1. The van der Waals surface area contributed by atoms with Crippen LogP contribution in [0.4, 0.5) is 0 Å². The highest BCUT2D eigenvalue weighted by Gasteiger charge is 2.43. The van der Waals surface area contributed by atoms with E-state index in [9.17, 15) is 4.79 Å². The Bertz CT molecular complexity index is 758. The SMILES string of the molecule is CCOC(=O)C1(Cc2ccccc2C)CCCN(Cc2cnc(C)s2)C1. The Kier molecular flexibility index (Phi) is 6.09. The number of hydrogen-bond donors (Lipinski definition) is 0. The van der Waals surface area contributed by atoms with E-state index >= 15 is 0 Å². The van der Waals surface area contributed by atoms with Crippen LogP contribution < -0.4 is 0 Å². The summed E-state index contributed by atoms with van der Waals surface area (Å²) < 4.78 is 5.52. The minimum absolute atomic E-state index is 0.0477. The summed E-state index contributed by atoms with van der Waals surface area (Å²) in [4.78, 5) is 21.0. The van der Waals surface area contributed by atoms with Crippen LogP contribution in [0.25, 0.3) is 0 Å².